The van der Waals surface area contributed by atoms with E-state index in [9.17, 15) is 4.79 Å². The lowest BCUT2D eigenvalue weighted by Crippen LogP contribution is -2.34. The van der Waals surface area contributed by atoms with Crippen LogP contribution >= 0.6 is 23.4 Å². The van der Waals surface area contributed by atoms with E-state index in [1.165, 1.54) is 11.8 Å². The largest absolute Gasteiger partial charge is 0.329 e. The summed E-state index contributed by atoms with van der Waals surface area (Å²) in [7, 11) is 0. The van der Waals surface area contributed by atoms with Gasteiger partial charge in [-0.25, -0.2) is 0 Å². The molecule has 1 unspecified atom stereocenters. The Balaban J connectivity index is 2.36. The second kappa shape index (κ2) is 3.81. The van der Waals surface area contributed by atoms with Gasteiger partial charge >= 0.3 is 0 Å². The first kappa shape index (κ1) is 9.83. The lowest BCUT2D eigenvalue weighted by molar-refractivity contribution is -0.115. The smallest absolute Gasteiger partial charge is 0.239 e. The third-order valence-electron chi connectivity index (χ3n) is 1.98. The van der Waals surface area contributed by atoms with Gasteiger partial charge in [-0.05, 0) is 18.2 Å². The summed E-state index contributed by atoms with van der Waals surface area (Å²) in [6, 6.07) is 5.39. The minimum atomic E-state index is -0.207. The van der Waals surface area contributed by atoms with E-state index in [-0.39, 0.29) is 11.2 Å². The van der Waals surface area contributed by atoms with Crippen molar-refractivity contribution < 1.29 is 4.79 Å². The van der Waals surface area contributed by atoms with Gasteiger partial charge in [0.2, 0.25) is 5.91 Å². The highest BCUT2D eigenvalue weighted by Crippen LogP contribution is 2.36. The fourth-order valence-electron chi connectivity index (χ4n) is 1.27. The monoisotopic (exact) mass is 228 g/mol. The molecule has 1 heterocycles. The quantitative estimate of drug-likeness (QED) is 0.770. The molecule has 3 N–H and O–H groups in total. The summed E-state index contributed by atoms with van der Waals surface area (Å²) in [4.78, 5) is 12.4. The Labute approximate surface area is 91.0 Å². The minimum absolute atomic E-state index is 0.0349. The van der Waals surface area contributed by atoms with Gasteiger partial charge < -0.3 is 11.1 Å². The molecule has 1 aromatic carbocycles. The van der Waals surface area contributed by atoms with Gasteiger partial charge in [0.05, 0.1) is 5.69 Å². The molecular formula is C9H9ClN2OS. The van der Waals surface area contributed by atoms with Crippen LogP contribution in [0.1, 0.15) is 0 Å². The van der Waals surface area contributed by atoms with Crippen molar-refractivity contribution in [3.63, 3.8) is 0 Å². The van der Waals surface area contributed by atoms with Crippen molar-refractivity contribution >= 4 is 35.0 Å². The summed E-state index contributed by atoms with van der Waals surface area (Å²) in [5, 5.41) is 3.25. The molecule has 0 aliphatic carbocycles. The predicted octanol–water partition coefficient (Wildman–Crippen LogP) is 1.71. The first-order valence-corrected chi connectivity index (χ1v) is 5.43. The second-order valence-electron chi connectivity index (χ2n) is 2.97. The van der Waals surface area contributed by atoms with Crippen LogP contribution in [0.2, 0.25) is 5.02 Å². The van der Waals surface area contributed by atoms with Crippen LogP contribution in [-0.4, -0.2) is 17.7 Å². The van der Waals surface area contributed by atoms with Crippen molar-refractivity contribution in [3.8, 4) is 0 Å². The number of anilines is 1. The van der Waals surface area contributed by atoms with Crippen LogP contribution in [0.4, 0.5) is 5.69 Å². The van der Waals surface area contributed by atoms with Crippen LogP contribution in [0, 0.1) is 0 Å². The minimum Gasteiger partial charge on any atom is -0.329 e. The van der Waals surface area contributed by atoms with Crippen LogP contribution in [0.5, 0.6) is 0 Å². The standard InChI is InChI=1S/C9H9ClN2OS/c10-5-1-2-6-7(3-5)14-8(4-11)9(13)12-6/h1-3,8H,4,11H2,(H,12,13). The molecule has 0 saturated carbocycles. The summed E-state index contributed by atoms with van der Waals surface area (Å²) < 4.78 is 0. The number of hydrogen-bond acceptors (Lipinski definition) is 3. The van der Waals surface area contributed by atoms with Crippen molar-refractivity contribution in [2.24, 2.45) is 5.73 Å². The molecule has 1 aromatic rings. The third kappa shape index (κ3) is 1.73. The van der Waals surface area contributed by atoms with Crippen molar-refractivity contribution in [2.45, 2.75) is 10.1 Å². The van der Waals surface area contributed by atoms with Crippen molar-refractivity contribution in [3.05, 3.63) is 23.2 Å². The molecule has 0 saturated heterocycles. The van der Waals surface area contributed by atoms with E-state index in [1.54, 1.807) is 12.1 Å². The molecule has 1 atom stereocenters. The number of halogens is 1. The predicted molar refractivity (Wildman–Crippen MR) is 58.8 cm³/mol. The van der Waals surface area contributed by atoms with Gasteiger partial charge in [0, 0.05) is 16.5 Å². The van der Waals surface area contributed by atoms with E-state index < -0.39 is 0 Å². The maximum absolute atomic E-state index is 11.4. The molecule has 0 fully saturated rings. The molecule has 1 amide bonds. The van der Waals surface area contributed by atoms with Gasteiger partial charge in [0.15, 0.2) is 0 Å². The normalized spacial score (nSPS) is 20.1. The Morgan fingerprint density at radius 2 is 2.36 bits per heavy atom. The lowest BCUT2D eigenvalue weighted by atomic mass is 10.3. The van der Waals surface area contributed by atoms with Crippen molar-refractivity contribution in [2.75, 3.05) is 11.9 Å². The number of benzene rings is 1. The van der Waals surface area contributed by atoms with Crippen molar-refractivity contribution in [1.29, 1.82) is 0 Å². The molecule has 1 aliphatic rings. The van der Waals surface area contributed by atoms with Gasteiger partial charge in [-0.1, -0.05) is 11.6 Å². The lowest BCUT2D eigenvalue weighted by Gasteiger charge is -2.22. The fourth-order valence-corrected chi connectivity index (χ4v) is 2.52. The van der Waals surface area contributed by atoms with Crippen LogP contribution in [0.15, 0.2) is 23.1 Å². The number of amides is 1. The Morgan fingerprint density at radius 1 is 1.57 bits per heavy atom. The molecule has 0 aromatic heterocycles. The molecule has 0 radical (unpaired) electrons. The summed E-state index contributed by atoms with van der Waals surface area (Å²) in [5.74, 6) is -0.0349. The number of hydrogen-bond donors (Lipinski definition) is 2. The van der Waals surface area contributed by atoms with Gasteiger partial charge in [-0.15, -0.1) is 11.8 Å². The summed E-state index contributed by atoms with van der Waals surface area (Å²) in [6.45, 7) is 0.336. The maximum Gasteiger partial charge on any atom is 0.239 e. The van der Waals surface area contributed by atoms with E-state index in [2.05, 4.69) is 5.32 Å². The highest BCUT2D eigenvalue weighted by molar-refractivity contribution is 8.01. The number of thioether (sulfide) groups is 1. The van der Waals surface area contributed by atoms with Gasteiger partial charge in [0.1, 0.15) is 5.25 Å². The Hall–Kier alpha value is -0.710. The molecule has 0 spiro atoms. The molecular weight excluding hydrogens is 220 g/mol. The number of nitrogens with two attached hydrogens (primary N) is 1. The number of nitrogens with one attached hydrogen (secondary N) is 1. The van der Waals surface area contributed by atoms with Crippen LogP contribution in [0.25, 0.3) is 0 Å². The highest BCUT2D eigenvalue weighted by Gasteiger charge is 2.25. The third-order valence-corrected chi connectivity index (χ3v) is 3.50. The van der Waals surface area contributed by atoms with E-state index in [0.29, 0.717) is 11.6 Å². The van der Waals surface area contributed by atoms with Crippen LogP contribution < -0.4 is 11.1 Å². The number of rotatable bonds is 1. The molecule has 2 rings (SSSR count). The molecule has 1 aliphatic heterocycles. The summed E-state index contributed by atoms with van der Waals surface area (Å²) in [6.07, 6.45) is 0. The molecule has 74 valence electrons. The zero-order valence-corrected chi connectivity index (χ0v) is 8.86. The highest BCUT2D eigenvalue weighted by atomic mass is 35.5. The zero-order chi connectivity index (χ0) is 10.1. The van der Waals surface area contributed by atoms with E-state index in [4.69, 9.17) is 17.3 Å². The summed E-state index contributed by atoms with van der Waals surface area (Å²) in [5.41, 5.74) is 6.29. The molecule has 3 nitrogen and oxygen atoms in total. The Bertz CT molecular complexity index is 383. The Kier molecular flexibility index (Phi) is 2.67. The molecule has 0 bridgehead atoms. The summed E-state index contributed by atoms with van der Waals surface area (Å²) >= 11 is 7.30. The zero-order valence-electron chi connectivity index (χ0n) is 7.29. The van der Waals surface area contributed by atoms with Crippen molar-refractivity contribution in [1.82, 2.24) is 0 Å². The van der Waals surface area contributed by atoms with Gasteiger partial charge in [-0.3, -0.25) is 4.79 Å². The average molecular weight is 229 g/mol. The molecule has 5 heteroatoms. The fraction of sp³-hybridized carbons (Fsp3) is 0.222. The van der Waals surface area contributed by atoms with Crippen LogP contribution in [-0.2, 0) is 4.79 Å². The average Bonchev–Trinajstić information content (AvgIpc) is 2.17. The second-order valence-corrected chi connectivity index (χ2v) is 4.65. The van der Waals surface area contributed by atoms with E-state index in [1.807, 2.05) is 6.07 Å². The SMILES string of the molecule is NCC1Sc2cc(Cl)ccc2NC1=O. The Morgan fingerprint density at radius 3 is 3.07 bits per heavy atom. The van der Waals surface area contributed by atoms with Crippen LogP contribution in [0.3, 0.4) is 0 Å². The van der Waals surface area contributed by atoms with E-state index in [0.717, 1.165) is 10.6 Å². The first-order chi connectivity index (χ1) is 6.70. The van der Waals surface area contributed by atoms with E-state index >= 15 is 0 Å². The number of carbonyl (C=O) groups excluding carboxylic acids is 1. The van der Waals surface area contributed by atoms with Gasteiger partial charge in [-0.2, -0.15) is 0 Å². The molecule has 14 heavy (non-hydrogen) atoms. The topological polar surface area (TPSA) is 55.1 Å². The maximum atomic E-state index is 11.4. The number of fused-ring (bicyclic) bond motifs is 1. The van der Waals surface area contributed by atoms with Gasteiger partial charge in [0.25, 0.3) is 0 Å². The number of carbonyl (C=O) groups is 1. The first-order valence-electron chi connectivity index (χ1n) is 4.18.